The lowest BCUT2D eigenvalue weighted by atomic mass is 9.63. The van der Waals surface area contributed by atoms with Gasteiger partial charge in [0.05, 0.1) is 25.0 Å². The van der Waals surface area contributed by atoms with Gasteiger partial charge in [-0.05, 0) is 47.3 Å². The van der Waals surface area contributed by atoms with E-state index in [1.807, 2.05) is 0 Å². The number of esters is 4. The Morgan fingerprint density at radius 1 is 0.545 bits per heavy atom. The summed E-state index contributed by atoms with van der Waals surface area (Å²) in [4.78, 5) is 53.9. The van der Waals surface area contributed by atoms with E-state index in [1.165, 1.54) is 0 Å². The predicted molar refractivity (Wildman–Crippen MR) is 117 cm³/mol. The SMILES string of the molecule is COC(=O)C12C3C4C5C6C3C3(O)C1C1C7C2C4(O)C2(OC(=O)C(F)(F)F)C5C4C6C3(OC(=O)C(F)(F)F)C1C4(C(=O)OC)C72. The molecule has 0 saturated heterocycles. The lowest BCUT2D eigenvalue weighted by Gasteiger charge is -2.49. The molecular formula is C28H22F6O10. The van der Waals surface area contributed by atoms with Gasteiger partial charge in [-0.3, -0.25) is 9.59 Å². The highest BCUT2D eigenvalue weighted by Crippen LogP contribution is 3.09. The predicted octanol–water partition coefficient (Wildman–Crippen LogP) is 0.232. The second-order valence-corrected chi connectivity index (χ2v) is 15.2. The molecule has 2 N–H and O–H groups in total. The van der Waals surface area contributed by atoms with Gasteiger partial charge in [0, 0.05) is 35.5 Å². The smallest absolute Gasteiger partial charge is 0.469 e. The third-order valence-corrected chi connectivity index (χ3v) is 16.0. The quantitative estimate of drug-likeness (QED) is 0.251. The van der Waals surface area contributed by atoms with Crippen LogP contribution in [-0.4, -0.2) is 83.1 Å². The number of aliphatic hydroxyl groups is 2. The first-order valence-electron chi connectivity index (χ1n) is 14.6. The molecule has 12 fully saturated rings. The van der Waals surface area contributed by atoms with Gasteiger partial charge in [-0.15, -0.1) is 0 Å². The number of rotatable bonds is 4. The summed E-state index contributed by atoms with van der Waals surface area (Å²) in [7, 11) is 2.09. The molecule has 12 aliphatic carbocycles. The Balaban J connectivity index is 1.29. The lowest BCUT2D eigenvalue weighted by molar-refractivity contribution is -0.260. The second-order valence-electron chi connectivity index (χ2n) is 15.2. The first-order valence-corrected chi connectivity index (χ1v) is 14.6. The zero-order chi connectivity index (χ0) is 31.2. The third-order valence-electron chi connectivity index (χ3n) is 16.0. The van der Waals surface area contributed by atoms with E-state index in [0.717, 1.165) is 14.2 Å². The zero-order valence-corrected chi connectivity index (χ0v) is 22.5. The van der Waals surface area contributed by atoms with E-state index in [1.54, 1.807) is 0 Å². The van der Waals surface area contributed by atoms with Crippen LogP contribution in [-0.2, 0) is 38.1 Å². The molecule has 0 amide bonds. The molecule has 16 atom stereocenters. The minimum absolute atomic E-state index is 0.829. The Bertz CT molecular complexity index is 1550. The highest BCUT2D eigenvalue weighted by atomic mass is 19.4. The minimum atomic E-state index is -5.49. The van der Waals surface area contributed by atoms with Crippen LogP contribution in [0.2, 0.25) is 0 Å². The van der Waals surface area contributed by atoms with Gasteiger partial charge in [0.15, 0.2) is 0 Å². The normalized spacial score (nSPS) is 66.0. The standard InChI is InChI=1S/C28H22F6O10/c1-41-17(35)21-11-7-3-4-8(11)24(40)14(21)6-5-13(21)23(7,39)25(43-19(37)27(29,30)31)9(3)12-10(4)26(24,44-20(38)28(32,33)34)16(6)22(12,15(5)25)18(36)42-2/h3-16,39-40H,1-2H3. The first-order chi connectivity index (χ1) is 20.4. The summed E-state index contributed by atoms with van der Waals surface area (Å²) in [5.41, 5.74) is -12.7. The number of hydrogen-bond acceptors (Lipinski definition) is 10. The maximum Gasteiger partial charge on any atom is 0.490 e. The van der Waals surface area contributed by atoms with Crippen LogP contribution >= 0.6 is 0 Å². The van der Waals surface area contributed by atoms with Crippen LogP contribution in [0.4, 0.5) is 26.3 Å². The van der Waals surface area contributed by atoms with Crippen LogP contribution in [0.5, 0.6) is 0 Å². The van der Waals surface area contributed by atoms with Crippen LogP contribution in [0.1, 0.15) is 0 Å². The van der Waals surface area contributed by atoms with Gasteiger partial charge >= 0.3 is 36.2 Å². The summed E-state index contributed by atoms with van der Waals surface area (Å²) in [5, 5.41) is 26.0. The van der Waals surface area contributed by atoms with E-state index >= 15 is 0 Å². The van der Waals surface area contributed by atoms with E-state index in [4.69, 9.17) is 18.9 Å². The second kappa shape index (κ2) is 5.86. The number of carbonyl (C=O) groups excluding carboxylic acids is 4. The van der Waals surface area contributed by atoms with Crippen LogP contribution in [0, 0.1) is 93.7 Å². The molecule has 0 aromatic rings. The highest BCUT2D eigenvalue weighted by Gasteiger charge is 3.18. The van der Waals surface area contributed by atoms with Crippen molar-refractivity contribution in [1.29, 1.82) is 0 Å². The number of ether oxygens (including phenoxy) is 4. The third kappa shape index (κ3) is 1.55. The van der Waals surface area contributed by atoms with Crippen molar-refractivity contribution in [2.45, 2.75) is 34.8 Å². The Kier molecular flexibility index (Phi) is 3.40. The summed E-state index contributed by atoms with van der Waals surface area (Å²) in [6.07, 6.45) is -11.0. The van der Waals surface area contributed by atoms with E-state index < -0.39 is 152 Å². The molecule has 16 heteroatoms. The number of methoxy groups -OCH3 is 2. The van der Waals surface area contributed by atoms with E-state index in [2.05, 4.69) is 0 Å². The maximum absolute atomic E-state index is 14.2. The van der Waals surface area contributed by atoms with Crippen LogP contribution in [0.25, 0.3) is 0 Å². The average Bonchev–Trinajstić information content (AvgIpc) is 3.77. The fourth-order valence-corrected chi connectivity index (χ4v) is 17.4. The minimum Gasteiger partial charge on any atom is -0.469 e. The van der Waals surface area contributed by atoms with Gasteiger partial charge in [0.2, 0.25) is 0 Å². The van der Waals surface area contributed by atoms with Crippen molar-refractivity contribution in [2.75, 3.05) is 14.2 Å². The van der Waals surface area contributed by atoms with Crippen molar-refractivity contribution >= 4 is 23.9 Å². The Morgan fingerprint density at radius 3 is 1.23 bits per heavy atom. The maximum atomic E-state index is 14.2. The number of hydrogen-bond donors (Lipinski definition) is 2. The largest absolute Gasteiger partial charge is 0.490 e. The zero-order valence-electron chi connectivity index (χ0n) is 22.5. The molecule has 0 bridgehead atoms. The fraction of sp³-hybridized carbons (Fsp3) is 0.857. The molecule has 0 aromatic carbocycles. The van der Waals surface area contributed by atoms with Crippen molar-refractivity contribution in [3.63, 3.8) is 0 Å². The van der Waals surface area contributed by atoms with Crippen molar-refractivity contribution in [3.05, 3.63) is 0 Å². The Morgan fingerprint density at radius 2 is 0.886 bits per heavy atom. The molecule has 16 unspecified atom stereocenters. The molecule has 0 spiro atoms. The summed E-state index contributed by atoms with van der Waals surface area (Å²) in [5.74, 6) is -22.2. The van der Waals surface area contributed by atoms with E-state index in [-0.39, 0.29) is 0 Å². The molecule has 12 rings (SSSR count). The number of alkyl halides is 6. The summed E-state index contributed by atoms with van der Waals surface area (Å²) >= 11 is 0. The van der Waals surface area contributed by atoms with Gasteiger partial charge in [0.25, 0.3) is 0 Å². The van der Waals surface area contributed by atoms with E-state index in [0.29, 0.717) is 0 Å². The molecule has 44 heavy (non-hydrogen) atoms. The van der Waals surface area contributed by atoms with Gasteiger partial charge in [-0.25, -0.2) is 9.59 Å². The molecule has 0 aliphatic heterocycles. The van der Waals surface area contributed by atoms with Gasteiger partial charge in [0.1, 0.15) is 22.4 Å². The molecule has 0 radical (unpaired) electrons. The van der Waals surface area contributed by atoms with Crippen molar-refractivity contribution < 1.29 is 74.7 Å². The Hall–Kier alpha value is -2.62. The first kappa shape index (κ1) is 25.6. The number of carbonyl (C=O) groups is 4. The average molecular weight is 632 g/mol. The fourth-order valence-electron chi connectivity index (χ4n) is 17.4. The van der Waals surface area contributed by atoms with Gasteiger partial charge < -0.3 is 29.2 Å². The van der Waals surface area contributed by atoms with Crippen LogP contribution < -0.4 is 0 Å². The molecular weight excluding hydrogens is 610 g/mol. The molecule has 0 heterocycles. The molecule has 236 valence electrons. The summed E-state index contributed by atoms with van der Waals surface area (Å²) in [6, 6.07) is 0. The molecule has 12 aliphatic rings. The number of halogens is 6. The van der Waals surface area contributed by atoms with Gasteiger partial charge in [-0.1, -0.05) is 0 Å². The highest BCUT2D eigenvalue weighted by molar-refractivity contribution is 5.91. The van der Waals surface area contributed by atoms with Crippen LogP contribution in [0.15, 0.2) is 0 Å². The van der Waals surface area contributed by atoms with Crippen molar-refractivity contribution in [1.82, 2.24) is 0 Å². The topological polar surface area (TPSA) is 146 Å². The van der Waals surface area contributed by atoms with Crippen molar-refractivity contribution in [2.24, 2.45) is 93.7 Å². The van der Waals surface area contributed by atoms with Gasteiger partial charge in [-0.2, -0.15) is 26.3 Å². The summed E-state index contributed by atoms with van der Waals surface area (Å²) in [6.45, 7) is 0. The summed E-state index contributed by atoms with van der Waals surface area (Å²) < 4.78 is 105. The van der Waals surface area contributed by atoms with Crippen LogP contribution in [0.3, 0.4) is 0 Å². The molecule has 0 aromatic heterocycles. The monoisotopic (exact) mass is 632 g/mol. The molecule has 12 saturated carbocycles. The van der Waals surface area contributed by atoms with E-state index in [9.17, 15) is 55.7 Å². The Labute approximate surface area is 241 Å². The lowest BCUT2D eigenvalue weighted by Crippen LogP contribution is -2.66. The molecule has 10 nitrogen and oxygen atoms in total. The van der Waals surface area contributed by atoms with Crippen molar-refractivity contribution in [3.8, 4) is 0 Å².